The van der Waals surface area contributed by atoms with Crippen LogP contribution in [0.15, 0.2) is 47.4 Å². The molecule has 1 aromatic rings. The van der Waals surface area contributed by atoms with Gasteiger partial charge in [-0.3, -0.25) is 0 Å². The van der Waals surface area contributed by atoms with Crippen LogP contribution in [0.5, 0.6) is 0 Å². The topological polar surface area (TPSA) is 110 Å². The monoisotopic (exact) mass is 881 g/mol. The Morgan fingerprint density at radius 2 is 0.721 bits per heavy atom. The molecule has 0 unspecified atom stereocenters. The van der Waals surface area contributed by atoms with Gasteiger partial charge in [-0.25, -0.2) is 18.0 Å². The Labute approximate surface area is 397 Å². The third kappa shape index (κ3) is 36.6. The maximum Gasteiger partial charge on any atom is 1.00 e. The van der Waals surface area contributed by atoms with E-state index in [1.165, 1.54) is 167 Å². The van der Waals surface area contributed by atoms with Crippen LogP contribution >= 0.6 is 0 Å². The molecule has 0 saturated carbocycles. The normalized spacial score (nSPS) is 11.7. The molecule has 1 rings (SSSR count). The zero-order valence-corrected chi connectivity index (χ0v) is 42.5. The van der Waals surface area contributed by atoms with Crippen molar-refractivity contribution in [1.29, 1.82) is 0 Å². The Morgan fingerprint density at radius 3 is 1.03 bits per heavy atom. The average molecular weight is 881 g/mol. The molecule has 0 bridgehead atoms. The summed E-state index contributed by atoms with van der Waals surface area (Å²) in [5.74, 6) is -1.57. The maximum atomic E-state index is 13.0. The smallest absolute Gasteiger partial charge is 0.744 e. The zero-order chi connectivity index (χ0) is 43.6. The molecule has 0 aliphatic carbocycles. The second-order valence-corrected chi connectivity index (χ2v) is 18.5. The van der Waals surface area contributed by atoms with Crippen molar-refractivity contribution in [2.45, 2.75) is 250 Å². The molecule has 0 N–H and O–H groups in total. The molecule has 0 saturated heterocycles. The van der Waals surface area contributed by atoms with E-state index in [1.54, 1.807) is 0 Å². The van der Waals surface area contributed by atoms with E-state index in [1.807, 2.05) is 0 Å². The number of rotatable bonds is 43. The van der Waals surface area contributed by atoms with Crippen molar-refractivity contribution < 1.29 is 61.6 Å². The minimum Gasteiger partial charge on any atom is -0.744 e. The first kappa shape index (κ1) is 59.5. The quantitative estimate of drug-likeness (QED) is 0.0211. The molecule has 7 nitrogen and oxygen atoms in total. The van der Waals surface area contributed by atoms with Gasteiger partial charge in [-0.1, -0.05) is 192 Å². The Morgan fingerprint density at radius 1 is 0.443 bits per heavy atom. The van der Waals surface area contributed by atoms with Crippen LogP contribution in [0.3, 0.4) is 0 Å². The number of hydrogen-bond donors (Lipinski definition) is 0. The maximum absolute atomic E-state index is 13.0. The van der Waals surface area contributed by atoms with Gasteiger partial charge < -0.3 is 14.0 Å². The molecule has 0 amide bonds. The fourth-order valence-corrected chi connectivity index (χ4v) is 8.12. The predicted molar refractivity (Wildman–Crippen MR) is 251 cm³/mol. The molecule has 0 aliphatic rings. The van der Waals surface area contributed by atoms with Gasteiger partial charge in [0.15, 0.2) is 0 Å². The third-order valence-corrected chi connectivity index (χ3v) is 12.3. The Hall–Kier alpha value is -1.45. The van der Waals surface area contributed by atoms with Crippen LogP contribution in [-0.4, -0.2) is 38.1 Å². The summed E-state index contributed by atoms with van der Waals surface area (Å²) < 4.78 is 45.9. The van der Waals surface area contributed by atoms with Crippen LogP contribution in [-0.2, 0) is 19.6 Å². The molecule has 0 radical (unpaired) electrons. The molecule has 346 valence electrons. The second-order valence-electron chi connectivity index (χ2n) is 17.1. The predicted octanol–water partition coefficient (Wildman–Crippen LogP) is 13.1. The van der Waals surface area contributed by atoms with E-state index in [2.05, 4.69) is 38.2 Å². The fraction of sp³-hybridized carbons (Fsp3) is 0.769. The van der Waals surface area contributed by atoms with Gasteiger partial charge in [0.05, 0.1) is 29.2 Å². The van der Waals surface area contributed by atoms with Crippen LogP contribution in [0.1, 0.15) is 266 Å². The zero-order valence-electron chi connectivity index (χ0n) is 39.7. The second kappa shape index (κ2) is 43.8. The van der Waals surface area contributed by atoms with E-state index in [0.717, 1.165) is 69.6 Å². The summed E-state index contributed by atoms with van der Waals surface area (Å²) in [6.45, 7) is 4.86. The summed E-state index contributed by atoms with van der Waals surface area (Å²) in [6.07, 6.45) is 53.8. The van der Waals surface area contributed by atoms with Crippen molar-refractivity contribution in [2.24, 2.45) is 0 Å². The Kier molecular flexibility index (Phi) is 42.7. The summed E-state index contributed by atoms with van der Waals surface area (Å²) in [5, 5.41) is 0. The van der Waals surface area contributed by atoms with Gasteiger partial charge >= 0.3 is 41.5 Å². The summed E-state index contributed by atoms with van der Waals surface area (Å²) in [6, 6.07) is 3.12. The number of ether oxygens (including phenoxy) is 2. The van der Waals surface area contributed by atoms with Crippen LogP contribution in [0.2, 0.25) is 0 Å². The standard InChI is InChI=1S/C52H90O7S.Na/c1-3-5-7-9-11-13-15-17-19-21-23-25-27-29-31-33-35-37-39-41-45-58-51(53)49-44-43-48(60(55,56)57)47-50(49)52(54)59-46-42-40-38-36-34-32-30-28-26-24-22-20-18-16-14-12-10-8-6-4-2;/h31-34,43-44,47H,3-30,35-42,45-46H2,1-2H3,(H,55,56,57);/q;+1/p-1/b33-31+,34-32+;. The number of carbonyl (C=O) groups excluding carboxylic acids is 2. The third-order valence-electron chi connectivity index (χ3n) is 11.5. The van der Waals surface area contributed by atoms with Crippen LogP contribution in [0.25, 0.3) is 0 Å². The van der Waals surface area contributed by atoms with Crippen molar-refractivity contribution in [1.82, 2.24) is 0 Å². The summed E-state index contributed by atoms with van der Waals surface area (Å²) in [4.78, 5) is 25.3. The molecule has 61 heavy (non-hydrogen) atoms. The van der Waals surface area contributed by atoms with Gasteiger partial charge in [0.1, 0.15) is 10.1 Å². The molecule has 0 heterocycles. The van der Waals surface area contributed by atoms with Crippen LogP contribution < -0.4 is 29.6 Å². The first-order valence-corrected chi connectivity index (χ1v) is 26.5. The van der Waals surface area contributed by atoms with E-state index in [-0.39, 0.29) is 53.9 Å². The van der Waals surface area contributed by atoms with Crippen molar-refractivity contribution >= 4 is 22.1 Å². The Balaban J connectivity index is 0.0000360. The SMILES string of the molecule is CCCCCCCCCCCCCCC/C=C/CCCCCOC(=O)c1ccc(S(=O)(=O)[O-])cc1C(=O)OCCCCC/C=C/CCCCCCCCCCCCCCC.[Na+]. The molecular formula is C52H89NaO7S. The average Bonchev–Trinajstić information content (AvgIpc) is 3.24. The Bertz CT molecular complexity index is 1340. The van der Waals surface area contributed by atoms with Crippen molar-refractivity contribution in [3.8, 4) is 0 Å². The molecular weight excluding hydrogens is 792 g/mol. The molecule has 0 spiro atoms. The van der Waals surface area contributed by atoms with Crippen LogP contribution in [0.4, 0.5) is 0 Å². The molecule has 1 aromatic carbocycles. The van der Waals surface area contributed by atoms with Gasteiger partial charge in [-0.2, -0.15) is 0 Å². The van der Waals surface area contributed by atoms with Crippen molar-refractivity contribution in [3.05, 3.63) is 53.6 Å². The van der Waals surface area contributed by atoms with E-state index in [9.17, 15) is 22.6 Å². The summed E-state index contributed by atoms with van der Waals surface area (Å²) >= 11 is 0. The number of hydrogen-bond acceptors (Lipinski definition) is 7. The largest absolute Gasteiger partial charge is 1.00 e. The van der Waals surface area contributed by atoms with E-state index in [4.69, 9.17) is 9.47 Å². The van der Waals surface area contributed by atoms with Gasteiger partial charge in [0, 0.05) is 0 Å². The van der Waals surface area contributed by atoms with E-state index in [0.29, 0.717) is 12.8 Å². The number of unbranched alkanes of at least 4 members (excludes halogenated alkanes) is 32. The molecule has 0 aliphatic heterocycles. The molecule has 0 aromatic heterocycles. The molecule has 9 heteroatoms. The first-order valence-electron chi connectivity index (χ1n) is 25.0. The minimum absolute atomic E-state index is 0. The van der Waals surface area contributed by atoms with Gasteiger partial charge in [0.25, 0.3) is 0 Å². The number of benzene rings is 1. The molecule has 0 fully saturated rings. The van der Waals surface area contributed by atoms with Gasteiger partial charge in [-0.15, -0.1) is 0 Å². The van der Waals surface area contributed by atoms with Gasteiger partial charge in [-0.05, 0) is 95.2 Å². The fourth-order valence-electron chi connectivity index (χ4n) is 7.62. The summed E-state index contributed by atoms with van der Waals surface area (Å²) in [5.41, 5.74) is -0.362. The minimum atomic E-state index is -4.83. The molecule has 0 atom stereocenters. The number of allylic oxidation sites excluding steroid dienone is 4. The first-order chi connectivity index (χ1) is 29.3. The van der Waals surface area contributed by atoms with Gasteiger partial charge in [0.2, 0.25) is 0 Å². The van der Waals surface area contributed by atoms with E-state index < -0.39 is 27.0 Å². The van der Waals surface area contributed by atoms with E-state index >= 15 is 0 Å². The van der Waals surface area contributed by atoms with Crippen molar-refractivity contribution in [3.63, 3.8) is 0 Å². The van der Waals surface area contributed by atoms with Crippen LogP contribution in [0, 0.1) is 0 Å². The van der Waals surface area contributed by atoms with Crippen molar-refractivity contribution in [2.75, 3.05) is 13.2 Å². The number of esters is 2. The number of carbonyl (C=O) groups is 2. The summed E-state index contributed by atoms with van der Waals surface area (Å²) in [7, 11) is -4.83.